The number of halogens is 1. The molecule has 1 aromatic carbocycles. The van der Waals surface area contributed by atoms with Crippen LogP contribution >= 0.6 is 11.6 Å². The van der Waals surface area contributed by atoms with Gasteiger partial charge in [-0.3, -0.25) is 0 Å². The summed E-state index contributed by atoms with van der Waals surface area (Å²) < 4.78 is 13.1. The molecule has 1 aliphatic heterocycles. The molecule has 0 saturated heterocycles. The Hall–Kier alpha value is -1.58. The van der Waals surface area contributed by atoms with E-state index in [1.165, 1.54) is 12.0 Å². The second-order valence-electron chi connectivity index (χ2n) is 5.29. The second-order valence-corrected chi connectivity index (χ2v) is 5.73. The summed E-state index contributed by atoms with van der Waals surface area (Å²) in [4.78, 5) is 0. The first-order valence-electron chi connectivity index (χ1n) is 7.26. The first kappa shape index (κ1) is 14.4. The topological polar surface area (TPSA) is 22.3 Å². The van der Waals surface area contributed by atoms with E-state index in [0.29, 0.717) is 13.4 Å². The van der Waals surface area contributed by atoms with E-state index in [2.05, 4.69) is 36.0 Å². The quantitative estimate of drug-likeness (QED) is 0.807. The Labute approximate surface area is 130 Å². The van der Waals surface area contributed by atoms with Crippen LogP contribution in [0.1, 0.15) is 30.0 Å². The third-order valence-corrected chi connectivity index (χ3v) is 3.82. The smallest absolute Gasteiger partial charge is 0.189 e. The maximum Gasteiger partial charge on any atom is 0.189 e. The van der Waals surface area contributed by atoms with Crippen LogP contribution in [0.4, 0.5) is 0 Å². The first-order chi connectivity index (χ1) is 10.3. The number of aromatic nitrogens is 1. The van der Waals surface area contributed by atoms with Crippen LogP contribution < -0.4 is 9.30 Å². The Bertz CT molecular complexity index is 625. The fourth-order valence-corrected chi connectivity index (χ4v) is 2.88. The van der Waals surface area contributed by atoms with E-state index in [0.717, 1.165) is 34.9 Å². The molecular formula is C17H19ClNO2+. The lowest BCUT2D eigenvalue weighted by Crippen LogP contribution is -2.33. The van der Waals surface area contributed by atoms with Crippen molar-refractivity contribution >= 4 is 11.6 Å². The number of hydrogen-bond acceptors (Lipinski definition) is 2. The lowest BCUT2D eigenvalue weighted by Gasteiger charge is -2.20. The van der Waals surface area contributed by atoms with Gasteiger partial charge in [-0.2, -0.15) is 0 Å². The Morgan fingerprint density at radius 2 is 2.05 bits per heavy atom. The van der Waals surface area contributed by atoms with Gasteiger partial charge in [-0.15, -0.1) is 0 Å². The fraction of sp³-hybridized carbons (Fsp3) is 0.353. The number of fused-ring (bicyclic) bond motifs is 1. The Balaban J connectivity index is 1.85. The molecule has 0 unspecified atom stereocenters. The van der Waals surface area contributed by atoms with Crippen molar-refractivity contribution < 1.29 is 14.0 Å². The predicted molar refractivity (Wildman–Crippen MR) is 81.5 cm³/mol. The molecule has 2 heterocycles. The zero-order chi connectivity index (χ0) is 14.7. The van der Waals surface area contributed by atoms with E-state index in [1.807, 2.05) is 12.1 Å². The average molecular weight is 305 g/mol. The highest BCUT2D eigenvalue weighted by Crippen LogP contribution is 2.31. The number of hydrogen-bond donors (Lipinski definition) is 0. The summed E-state index contributed by atoms with van der Waals surface area (Å²) in [5.41, 5.74) is 3.48. The van der Waals surface area contributed by atoms with E-state index in [4.69, 9.17) is 21.1 Å². The van der Waals surface area contributed by atoms with E-state index >= 15 is 0 Å². The molecular weight excluding hydrogens is 286 g/mol. The number of nitrogens with zero attached hydrogens (tertiary/aromatic N) is 1. The molecule has 21 heavy (non-hydrogen) atoms. The van der Waals surface area contributed by atoms with Crippen LogP contribution in [0.3, 0.4) is 0 Å². The number of ether oxygens (including phenoxy) is 2. The molecule has 1 aliphatic rings. The van der Waals surface area contributed by atoms with Gasteiger partial charge in [0.05, 0.1) is 12.2 Å². The third-order valence-electron chi connectivity index (χ3n) is 3.60. The number of benzene rings is 1. The minimum Gasteiger partial charge on any atom is -0.467 e. The molecule has 0 fully saturated rings. The van der Waals surface area contributed by atoms with Gasteiger partial charge in [-0.05, 0) is 24.1 Å². The average Bonchev–Trinajstić information content (AvgIpc) is 2.49. The second kappa shape index (κ2) is 6.46. The van der Waals surface area contributed by atoms with Crippen LogP contribution in [-0.2, 0) is 24.3 Å². The first-order valence-corrected chi connectivity index (χ1v) is 7.64. The van der Waals surface area contributed by atoms with Crippen molar-refractivity contribution in [2.45, 2.75) is 32.9 Å². The lowest BCUT2D eigenvalue weighted by molar-refractivity contribution is -0.688. The largest absolute Gasteiger partial charge is 0.467 e. The molecule has 3 rings (SSSR count). The Kier molecular flexibility index (Phi) is 4.42. The minimum atomic E-state index is 0.307. The van der Waals surface area contributed by atoms with Crippen molar-refractivity contribution in [3.05, 3.63) is 58.4 Å². The van der Waals surface area contributed by atoms with Gasteiger partial charge in [-0.1, -0.05) is 24.9 Å². The van der Waals surface area contributed by atoms with Crippen LogP contribution in [0.15, 0.2) is 36.7 Å². The van der Waals surface area contributed by atoms with Crippen LogP contribution in [0.2, 0.25) is 5.02 Å². The van der Waals surface area contributed by atoms with Gasteiger partial charge < -0.3 is 9.47 Å². The van der Waals surface area contributed by atoms with E-state index < -0.39 is 0 Å². The van der Waals surface area contributed by atoms with Crippen molar-refractivity contribution in [2.75, 3.05) is 6.79 Å². The van der Waals surface area contributed by atoms with Crippen LogP contribution in [0.5, 0.6) is 5.75 Å². The van der Waals surface area contributed by atoms with Gasteiger partial charge in [0, 0.05) is 22.7 Å². The highest BCUT2D eigenvalue weighted by Gasteiger charge is 2.18. The number of aryl methyl sites for hydroxylation is 1. The number of pyridine rings is 1. The Morgan fingerprint density at radius 1 is 1.24 bits per heavy atom. The van der Waals surface area contributed by atoms with Crippen LogP contribution in [0, 0.1) is 0 Å². The van der Waals surface area contributed by atoms with Crippen molar-refractivity contribution in [1.82, 2.24) is 0 Å². The Morgan fingerprint density at radius 3 is 2.81 bits per heavy atom. The summed E-state index contributed by atoms with van der Waals surface area (Å²) >= 11 is 6.19. The van der Waals surface area contributed by atoms with Gasteiger partial charge in [0.1, 0.15) is 5.75 Å². The minimum absolute atomic E-state index is 0.307. The summed E-state index contributed by atoms with van der Waals surface area (Å²) in [6.45, 7) is 3.80. The zero-order valence-corrected chi connectivity index (χ0v) is 12.9. The van der Waals surface area contributed by atoms with E-state index in [9.17, 15) is 0 Å². The summed E-state index contributed by atoms with van der Waals surface area (Å²) in [6, 6.07) is 8.22. The molecule has 0 N–H and O–H groups in total. The maximum absolute atomic E-state index is 6.19. The van der Waals surface area contributed by atoms with Crippen LogP contribution in [-0.4, -0.2) is 6.79 Å². The maximum atomic E-state index is 6.19. The highest BCUT2D eigenvalue weighted by atomic mass is 35.5. The molecule has 0 atom stereocenters. The standard InChI is InChI=1S/C17H19ClNO2/c1-2-3-13-4-6-19(7-5-13)10-14-8-16(18)9-15-11-20-12-21-17(14)15/h4-9H,2-3,10-12H2,1H3/q+1. The monoisotopic (exact) mass is 304 g/mol. The SMILES string of the molecule is CCCc1cc[n+](Cc2cc(Cl)cc3c2OCOC3)cc1. The summed E-state index contributed by atoms with van der Waals surface area (Å²) in [6.07, 6.45) is 6.50. The van der Waals surface area contributed by atoms with Gasteiger partial charge >= 0.3 is 0 Å². The highest BCUT2D eigenvalue weighted by molar-refractivity contribution is 6.30. The molecule has 0 amide bonds. The van der Waals surface area contributed by atoms with E-state index in [1.54, 1.807) is 0 Å². The molecule has 0 radical (unpaired) electrons. The number of rotatable bonds is 4. The molecule has 4 heteroatoms. The van der Waals surface area contributed by atoms with Crippen molar-refractivity contribution in [3.63, 3.8) is 0 Å². The summed E-state index contributed by atoms with van der Waals surface area (Å²) in [7, 11) is 0. The van der Waals surface area contributed by atoms with Gasteiger partial charge in [0.15, 0.2) is 25.7 Å². The van der Waals surface area contributed by atoms with Gasteiger partial charge in [0.2, 0.25) is 0 Å². The van der Waals surface area contributed by atoms with Crippen LogP contribution in [0.25, 0.3) is 0 Å². The van der Waals surface area contributed by atoms with Crippen molar-refractivity contribution in [2.24, 2.45) is 0 Å². The molecule has 0 bridgehead atoms. The summed E-state index contributed by atoms with van der Waals surface area (Å²) in [5.74, 6) is 0.913. The molecule has 110 valence electrons. The van der Waals surface area contributed by atoms with Crippen molar-refractivity contribution in [3.8, 4) is 5.75 Å². The molecule has 0 spiro atoms. The fourth-order valence-electron chi connectivity index (χ4n) is 2.62. The van der Waals surface area contributed by atoms with Gasteiger partial charge in [-0.25, -0.2) is 4.57 Å². The normalized spacial score (nSPS) is 13.6. The molecule has 3 nitrogen and oxygen atoms in total. The molecule has 0 aliphatic carbocycles. The summed E-state index contributed by atoms with van der Waals surface area (Å²) in [5, 5.41) is 0.723. The predicted octanol–water partition coefficient (Wildman–Crippen LogP) is 3.49. The lowest BCUT2D eigenvalue weighted by atomic mass is 10.1. The third kappa shape index (κ3) is 3.36. The molecule has 0 saturated carbocycles. The molecule has 1 aromatic heterocycles. The van der Waals surface area contributed by atoms with Gasteiger partial charge in [0.25, 0.3) is 0 Å². The van der Waals surface area contributed by atoms with Crippen molar-refractivity contribution in [1.29, 1.82) is 0 Å². The zero-order valence-electron chi connectivity index (χ0n) is 12.1. The molecule has 2 aromatic rings. The van der Waals surface area contributed by atoms with E-state index in [-0.39, 0.29) is 0 Å².